The molecule has 7 bridgehead atoms. The number of benzene rings is 2. The molecule has 2 aliphatic carbocycles. The van der Waals surface area contributed by atoms with Crippen molar-refractivity contribution in [3.8, 4) is 0 Å². The van der Waals surface area contributed by atoms with Gasteiger partial charge in [0.05, 0.1) is 10.5 Å². The number of Topliss-reactive ketones (excluding diaryl/α,β-unsaturated/α-hetero) is 1. The van der Waals surface area contributed by atoms with Gasteiger partial charge in [0.15, 0.2) is 11.6 Å². The Morgan fingerprint density at radius 2 is 1.45 bits per heavy atom. The predicted molar refractivity (Wildman–Crippen MR) is 129 cm³/mol. The van der Waals surface area contributed by atoms with Crippen molar-refractivity contribution in [2.45, 2.75) is 36.2 Å². The van der Waals surface area contributed by atoms with Gasteiger partial charge >= 0.3 is 0 Å². The minimum absolute atomic E-state index is 0.103. The van der Waals surface area contributed by atoms with Crippen LogP contribution in [0.3, 0.4) is 0 Å². The molecule has 31 heavy (non-hydrogen) atoms. The predicted octanol–water partition coefficient (Wildman–Crippen LogP) is 5.93. The third-order valence-electron chi connectivity index (χ3n) is 6.62. The lowest BCUT2D eigenvalue weighted by atomic mass is 9.88. The van der Waals surface area contributed by atoms with Crippen LogP contribution in [0.15, 0.2) is 65.3 Å². The largest absolute Gasteiger partial charge is 0.294 e. The van der Waals surface area contributed by atoms with E-state index in [1.807, 2.05) is 12.2 Å². The Kier molecular flexibility index (Phi) is 4.46. The van der Waals surface area contributed by atoms with Crippen LogP contribution in [0.1, 0.15) is 47.1 Å². The van der Waals surface area contributed by atoms with E-state index in [0.717, 1.165) is 23.1 Å². The van der Waals surface area contributed by atoms with E-state index >= 15 is 0 Å². The van der Waals surface area contributed by atoms with E-state index < -0.39 is 0 Å². The normalized spacial score (nSPS) is 25.1. The second kappa shape index (κ2) is 7.35. The number of carbonyl (C=O) groups excluding carboxylic acids is 2. The quantitative estimate of drug-likeness (QED) is 0.528. The summed E-state index contributed by atoms with van der Waals surface area (Å²) in [5.74, 6) is 0.291. The van der Waals surface area contributed by atoms with Gasteiger partial charge in [-0.25, -0.2) is 0 Å². The van der Waals surface area contributed by atoms with E-state index in [1.54, 1.807) is 17.8 Å². The molecule has 4 aliphatic rings. The molecule has 0 spiro atoms. The van der Waals surface area contributed by atoms with E-state index in [2.05, 4.69) is 54.6 Å². The van der Waals surface area contributed by atoms with Crippen LogP contribution in [0.5, 0.6) is 0 Å². The lowest BCUT2D eigenvalue weighted by Gasteiger charge is -2.27. The minimum Gasteiger partial charge on any atom is -0.294 e. The van der Waals surface area contributed by atoms with E-state index in [0.29, 0.717) is 19.3 Å². The molecule has 0 saturated carbocycles. The molecular weight excluding hydrogens is 400 g/mol. The van der Waals surface area contributed by atoms with Crippen molar-refractivity contribution < 1.29 is 9.59 Å². The van der Waals surface area contributed by atoms with Crippen molar-refractivity contribution in [1.82, 2.24) is 0 Å². The first-order chi connectivity index (χ1) is 15.1. The SMILES string of the molecule is O=C1/C=C\c2ccc3cc2C=C(C3)C(=O)C2CC3=Cc4ccccc4C=C(C3)CC1S2. The van der Waals surface area contributed by atoms with Crippen LogP contribution in [0, 0.1) is 0 Å². The highest BCUT2D eigenvalue weighted by molar-refractivity contribution is 8.02. The molecule has 1 fully saturated rings. The van der Waals surface area contributed by atoms with Crippen LogP contribution < -0.4 is 0 Å². The van der Waals surface area contributed by atoms with Crippen molar-refractivity contribution in [2.24, 2.45) is 0 Å². The molecule has 2 aromatic rings. The highest BCUT2D eigenvalue weighted by Gasteiger charge is 2.34. The molecule has 2 unspecified atom stereocenters. The standard InChI is InChI=1S/C28H22O2S/c29-25-8-7-20-6-5-17-10-23(20)16-24(11-17)28(30)27-15-19-9-18(14-26(25)31-27)12-21-3-1-2-4-22(21)13-19/h1-8,10,12-13,16,26-27H,9,11,14-15H2/b8-7-. The fraction of sp³-hybridized carbons (Fsp3) is 0.214. The molecule has 0 radical (unpaired) electrons. The molecule has 0 N–H and O–H groups in total. The summed E-state index contributed by atoms with van der Waals surface area (Å²) in [6, 6.07) is 14.7. The number of hydrogen-bond donors (Lipinski definition) is 0. The topological polar surface area (TPSA) is 34.1 Å². The van der Waals surface area contributed by atoms with Crippen LogP contribution in [0.2, 0.25) is 0 Å². The highest BCUT2D eigenvalue weighted by atomic mass is 32.2. The van der Waals surface area contributed by atoms with Crippen molar-refractivity contribution in [1.29, 1.82) is 0 Å². The first-order valence-electron chi connectivity index (χ1n) is 10.9. The molecule has 2 nitrogen and oxygen atoms in total. The van der Waals surface area contributed by atoms with Gasteiger partial charge in [-0.3, -0.25) is 9.59 Å². The molecule has 3 heteroatoms. The third-order valence-corrected chi connectivity index (χ3v) is 8.06. The minimum atomic E-state index is -0.231. The molecular formula is C28H22O2S. The second-order valence-electron chi connectivity index (χ2n) is 8.84. The Hall–Kier alpha value is -2.91. The summed E-state index contributed by atoms with van der Waals surface area (Å²) >= 11 is 1.57. The van der Waals surface area contributed by atoms with E-state index in [4.69, 9.17) is 0 Å². The number of hydrogen-bond acceptors (Lipinski definition) is 3. The summed E-state index contributed by atoms with van der Waals surface area (Å²) in [7, 11) is 0. The summed E-state index contributed by atoms with van der Waals surface area (Å²) in [6.07, 6.45) is 13.1. The van der Waals surface area contributed by atoms with Gasteiger partial charge in [-0.1, -0.05) is 71.8 Å². The summed E-state index contributed by atoms with van der Waals surface area (Å²) in [5.41, 5.74) is 9.05. The van der Waals surface area contributed by atoms with Gasteiger partial charge in [0, 0.05) is 12.0 Å². The van der Waals surface area contributed by atoms with Gasteiger partial charge in [0.2, 0.25) is 0 Å². The summed E-state index contributed by atoms with van der Waals surface area (Å²) in [6.45, 7) is 0. The molecule has 2 heterocycles. The lowest BCUT2D eigenvalue weighted by Crippen LogP contribution is -2.29. The van der Waals surface area contributed by atoms with Gasteiger partial charge in [-0.05, 0) is 59.2 Å². The van der Waals surface area contributed by atoms with Gasteiger partial charge in [0.1, 0.15) is 0 Å². The van der Waals surface area contributed by atoms with Crippen molar-refractivity contribution in [2.75, 3.05) is 0 Å². The van der Waals surface area contributed by atoms with Gasteiger partial charge in [-0.2, -0.15) is 0 Å². The number of thioether (sulfide) groups is 1. The number of carbonyl (C=O) groups is 2. The Morgan fingerprint density at radius 1 is 0.710 bits per heavy atom. The average molecular weight is 423 g/mol. The Balaban J connectivity index is 1.49. The lowest BCUT2D eigenvalue weighted by molar-refractivity contribution is -0.115. The molecule has 2 aromatic carbocycles. The van der Waals surface area contributed by atoms with Crippen molar-refractivity contribution in [3.05, 3.63) is 93.1 Å². The fourth-order valence-corrected chi connectivity index (χ4v) is 6.58. The molecule has 2 atom stereocenters. The average Bonchev–Trinajstić information content (AvgIpc) is 2.94. The maximum Gasteiger partial charge on any atom is 0.172 e. The zero-order valence-corrected chi connectivity index (χ0v) is 18.0. The first-order valence-corrected chi connectivity index (χ1v) is 11.8. The van der Waals surface area contributed by atoms with Crippen LogP contribution >= 0.6 is 11.8 Å². The second-order valence-corrected chi connectivity index (χ2v) is 10.3. The van der Waals surface area contributed by atoms with Crippen LogP contribution in [0.4, 0.5) is 0 Å². The molecule has 0 aromatic heterocycles. The first kappa shape index (κ1) is 18.8. The smallest absolute Gasteiger partial charge is 0.172 e. The van der Waals surface area contributed by atoms with Gasteiger partial charge in [-0.15, -0.1) is 11.8 Å². The molecule has 6 rings (SSSR count). The summed E-state index contributed by atoms with van der Waals surface area (Å²) in [4.78, 5) is 26.9. The van der Waals surface area contributed by atoms with Crippen LogP contribution in [-0.4, -0.2) is 22.1 Å². The maximum atomic E-state index is 13.7. The maximum absolute atomic E-state index is 13.7. The summed E-state index contributed by atoms with van der Waals surface area (Å²) in [5, 5.41) is -0.456. The van der Waals surface area contributed by atoms with Crippen LogP contribution in [0.25, 0.3) is 24.3 Å². The number of rotatable bonds is 0. The van der Waals surface area contributed by atoms with E-state index in [1.165, 1.54) is 27.8 Å². The number of allylic oxidation sites excluding steroid dienone is 4. The Morgan fingerprint density at radius 3 is 2.23 bits per heavy atom. The monoisotopic (exact) mass is 422 g/mol. The Bertz CT molecular complexity index is 1260. The summed E-state index contributed by atoms with van der Waals surface area (Å²) < 4.78 is 0. The molecule has 2 aliphatic heterocycles. The highest BCUT2D eigenvalue weighted by Crippen LogP contribution is 2.41. The zero-order chi connectivity index (χ0) is 20.9. The van der Waals surface area contributed by atoms with Gasteiger partial charge < -0.3 is 0 Å². The molecule has 0 amide bonds. The van der Waals surface area contributed by atoms with Gasteiger partial charge in [0.25, 0.3) is 0 Å². The van der Waals surface area contributed by atoms with Crippen LogP contribution in [-0.2, 0) is 16.0 Å². The third kappa shape index (κ3) is 3.47. The van der Waals surface area contributed by atoms with Crippen molar-refractivity contribution >= 4 is 47.6 Å². The van der Waals surface area contributed by atoms with E-state index in [9.17, 15) is 9.59 Å². The van der Waals surface area contributed by atoms with Crippen molar-refractivity contribution in [3.63, 3.8) is 0 Å². The number of ketones is 2. The number of fused-ring (bicyclic) bond motifs is 6. The van der Waals surface area contributed by atoms with E-state index in [-0.39, 0.29) is 22.1 Å². The Labute approximate surface area is 186 Å². The fourth-order valence-electron chi connectivity index (χ4n) is 5.08. The molecule has 1 saturated heterocycles. The molecule has 152 valence electrons. The zero-order valence-electron chi connectivity index (χ0n) is 17.1.